The van der Waals surface area contributed by atoms with E-state index in [4.69, 9.17) is 9.72 Å². The van der Waals surface area contributed by atoms with Crippen molar-refractivity contribution in [2.24, 2.45) is 0 Å². The van der Waals surface area contributed by atoms with Crippen molar-refractivity contribution < 1.29 is 9.53 Å². The molecule has 0 aliphatic carbocycles. The first-order chi connectivity index (χ1) is 16.2. The summed E-state index contributed by atoms with van der Waals surface area (Å²) in [5.74, 6) is 1.56. The standard InChI is InChI=1S/C29H33N3O2/c1-20-10-6-7-11-24(20)28(33)30-21(2)27-31-25-12-8-9-13-26(25)32(27)18-19-34-23-16-14-22(15-17-23)29(3,4)5/h6-17,21H,18-19H2,1-5H3,(H,30,33). The molecule has 1 unspecified atom stereocenters. The van der Waals surface area contributed by atoms with Gasteiger partial charge < -0.3 is 14.6 Å². The van der Waals surface area contributed by atoms with Crippen LogP contribution in [0.2, 0.25) is 0 Å². The number of hydrogen-bond donors (Lipinski definition) is 1. The maximum absolute atomic E-state index is 12.9. The van der Waals surface area contributed by atoms with E-state index < -0.39 is 0 Å². The van der Waals surface area contributed by atoms with Crippen LogP contribution >= 0.6 is 0 Å². The molecule has 1 atom stereocenters. The molecular weight excluding hydrogens is 422 g/mol. The molecule has 5 nitrogen and oxygen atoms in total. The van der Waals surface area contributed by atoms with Crippen LogP contribution in [0.1, 0.15) is 61.0 Å². The van der Waals surface area contributed by atoms with E-state index in [2.05, 4.69) is 48.9 Å². The zero-order valence-corrected chi connectivity index (χ0v) is 20.6. The van der Waals surface area contributed by atoms with Gasteiger partial charge in [-0.1, -0.05) is 63.2 Å². The third-order valence-electron chi connectivity index (χ3n) is 6.11. The Labute approximate surface area is 201 Å². The monoisotopic (exact) mass is 455 g/mol. The first-order valence-electron chi connectivity index (χ1n) is 11.8. The summed E-state index contributed by atoms with van der Waals surface area (Å²) in [6.07, 6.45) is 0. The summed E-state index contributed by atoms with van der Waals surface area (Å²) in [6, 6.07) is 23.7. The molecule has 176 valence electrons. The molecule has 0 aliphatic rings. The highest BCUT2D eigenvalue weighted by Gasteiger charge is 2.20. The summed E-state index contributed by atoms with van der Waals surface area (Å²) >= 11 is 0. The lowest BCUT2D eigenvalue weighted by molar-refractivity contribution is 0.0937. The van der Waals surface area contributed by atoms with Crippen molar-refractivity contribution in [2.75, 3.05) is 6.61 Å². The molecule has 0 saturated carbocycles. The number of nitrogens with one attached hydrogen (secondary N) is 1. The number of carbonyl (C=O) groups is 1. The van der Waals surface area contributed by atoms with Crippen LogP contribution in [0.15, 0.2) is 72.8 Å². The summed E-state index contributed by atoms with van der Waals surface area (Å²) in [5.41, 5.74) is 4.96. The lowest BCUT2D eigenvalue weighted by atomic mass is 9.87. The fraction of sp³-hybridized carbons (Fsp3) is 0.310. The predicted octanol–water partition coefficient (Wildman–Crippen LogP) is 6.21. The Bertz CT molecular complexity index is 1280. The van der Waals surface area contributed by atoms with E-state index in [1.807, 2.05) is 68.4 Å². The van der Waals surface area contributed by atoms with Gasteiger partial charge in [0.1, 0.15) is 18.2 Å². The number of amides is 1. The number of aryl methyl sites for hydroxylation is 1. The van der Waals surface area contributed by atoms with Crippen molar-refractivity contribution in [1.29, 1.82) is 0 Å². The highest BCUT2D eigenvalue weighted by molar-refractivity contribution is 5.95. The first-order valence-corrected chi connectivity index (χ1v) is 11.8. The van der Waals surface area contributed by atoms with E-state index >= 15 is 0 Å². The van der Waals surface area contributed by atoms with E-state index in [1.54, 1.807) is 0 Å². The molecule has 3 aromatic carbocycles. The van der Waals surface area contributed by atoms with Crippen LogP contribution in [0.25, 0.3) is 11.0 Å². The van der Waals surface area contributed by atoms with Gasteiger partial charge in [0.15, 0.2) is 0 Å². The van der Waals surface area contributed by atoms with Gasteiger partial charge in [-0.15, -0.1) is 0 Å². The number of imidazole rings is 1. The molecule has 0 radical (unpaired) electrons. The second kappa shape index (κ2) is 9.72. The summed E-state index contributed by atoms with van der Waals surface area (Å²) in [6.45, 7) is 11.6. The molecule has 1 heterocycles. The number of ether oxygens (including phenoxy) is 1. The summed E-state index contributed by atoms with van der Waals surface area (Å²) < 4.78 is 8.20. The van der Waals surface area contributed by atoms with E-state index in [0.29, 0.717) is 18.7 Å². The van der Waals surface area contributed by atoms with E-state index in [0.717, 1.165) is 28.2 Å². The van der Waals surface area contributed by atoms with Crippen molar-refractivity contribution in [3.63, 3.8) is 0 Å². The topological polar surface area (TPSA) is 56.2 Å². The van der Waals surface area contributed by atoms with Crippen molar-refractivity contribution in [2.45, 2.75) is 52.6 Å². The molecule has 5 heteroatoms. The summed E-state index contributed by atoms with van der Waals surface area (Å²) in [7, 11) is 0. The minimum atomic E-state index is -0.259. The van der Waals surface area contributed by atoms with Gasteiger partial charge in [-0.05, 0) is 60.7 Å². The number of fused-ring (bicyclic) bond motifs is 1. The molecular formula is C29H33N3O2. The Morgan fingerprint density at radius 2 is 1.68 bits per heavy atom. The number of para-hydroxylation sites is 2. The van der Waals surface area contributed by atoms with E-state index in [9.17, 15) is 4.79 Å². The van der Waals surface area contributed by atoms with Crippen LogP contribution in [0.3, 0.4) is 0 Å². The Kier molecular flexibility index (Phi) is 6.73. The number of benzene rings is 3. The van der Waals surface area contributed by atoms with Crippen molar-refractivity contribution >= 4 is 16.9 Å². The van der Waals surface area contributed by atoms with Crippen LogP contribution in [0.4, 0.5) is 0 Å². The predicted molar refractivity (Wildman–Crippen MR) is 137 cm³/mol. The second-order valence-corrected chi connectivity index (χ2v) is 9.74. The number of rotatable bonds is 7. The molecule has 1 aromatic heterocycles. The average molecular weight is 456 g/mol. The fourth-order valence-corrected chi connectivity index (χ4v) is 4.13. The molecule has 0 fully saturated rings. The second-order valence-electron chi connectivity index (χ2n) is 9.74. The van der Waals surface area contributed by atoms with Gasteiger partial charge in [0.05, 0.1) is 23.6 Å². The van der Waals surface area contributed by atoms with E-state index in [1.165, 1.54) is 5.56 Å². The van der Waals surface area contributed by atoms with Crippen molar-refractivity contribution in [3.8, 4) is 5.75 Å². The maximum atomic E-state index is 12.9. The number of nitrogens with zero attached hydrogens (tertiary/aromatic N) is 2. The number of aromatic nitrogens is 2. The van der Waals surface area contributed by atoms with E-state index in [-0.39, 0.29) is 17.4 Å². The SMILES string of the molecule is Cc1ccccc1C(=O)NC(C)c1nc2ccccc2n1CCOc1ccc(C(C)(C)C)cc1. The fourth-order valence-electron chi connectivity index (χ4n) is 4.13. The summed E-state index contributed by atoms with van der Waals surface area (Å²) in [5, 5.41) is 3.12. The minimum absolute atomic E-state index is 0.0978. The van der Waals surface area contributed by atoms with Crippen molar-refractivity contribution in [1.82, 2.24) is 14.9 Å². The largest absolute Gasteiger partial charge is 0.492 e. The highest BCUT2D eigenvalue weighted by atomic mass is 16.5. The van der Waals surface area contributed by atoms with Crippen LogP contribution in [0.5, 0.6) is 5.75 Å². The van der Waals surface area contributed by atoms with Crippen LogP contribution in [-0.2, 0) is 12.0 Å². The van der Waals surface area contributed by atoms with Gasteiger partial charge in [0, 0.05) is 5.56 Å². The molecule has 0 aliphatic heterocycles. The zero-order valence-electron chi connectivity index (χ0n) is 20.6. The molecule has 4 aromatic rings. The Morgan fingerprint density at radius 1 is 1.00 bits per heavy atom. The molecule has 1 N–H and O–H groups in total. The molecule has 4 rings (SSSR count). The first kappa shape index (κ1) is 23.6. The average Bonchev–Trinajstić information content (AvgIpc) is 3.18. The third-order valence-corrected chi connectivity index (χ3v) is 6.11. The molecule has 1 amide bonds. The number of hydrogen-bond acceptors (Lipinski definition) is 3. The Hall–Kier alpha value is -3.60. The van der Waals surface area contributed by atoms with Gasteiger partial charge >= 0.3 is 0 Å². The lowest BCUT2D eigenvalue weighted by Crippen LogP contribution is -2.29. The van der Waals surface area contributed by atoms with Gasteiger partial charge in [0.2, 0.25) is 0 Å². The van der Waals surface area contributed by atoms with Gasteiger partial charge in [-0.2, -0.15) is 0 Å². The van der Waals surface area contributed by atoms with Gasteiger partial charge in [0.25, 0.3) is 5.91 Å². The normalized spacial score (nSPS) is 12.5. The molecule has 34 heavy (non-hydrogen) atoms. The number of carbonyl (C=O) groups excluding carboxylic acids is 1. The van der Waals surface area contributed by atoms with Gasteiger partial charge in [-0.3, -0.25) is 4.79 Å². The van der Waals surface area contributed by atoms with Crippen LogP contribution < -0.4 is 10.1 Å². The Morgan fingerprint density at radius 3 is 2.38 bits per heavy atom. The van der Waals surface area contributed by atoms with Crippen molar-refractivity contribution in [3.05, 3.63) is 95.3 Å². The quantitative estimate of drug-likeness (QED) is 0.360. The molecule has 0 spiro atoms. The Balaban J connectivity index is 1.51. The van der Waals surface area contributed by atoms with Crippen LogP contribution in [0, 0.1) is 6.92 Å². The smallest absolute Gasteiger partial charge is 0.252 e. The zero-order chi connectivity index (χ0) is 24.3. The molecule has 0 saturated heterocycles. The van der Waals surface area contributed by atoms with Gasteiger partial charge in [-0.25, -0.2) is 4.98 Å². The van der Waals surface area contributed by atoms with Crippen LogP contribution in [-0.4, -0.2) is 22.1 Å². The highest BCUT2D eigenvalue weighted by Crippen LogP contribution is 2.25. The lowest BCUT2D eigenvalue weighted by Gasteiger charge is -2.19. The molecule has 0 bridgehead atoms. The third kappa shape index (κ3) is 5.14. The summed E-state index contributed by atoms with van der Waals surface area (Å²) in [4.78, 5) is 17.7. The maximum Gasteiger partial charge on any atom is 0.252 e. The minimum Gasteiger partial charge on any atom is -0.492 e.